The Hall–Kier alpha value is -15.3. The van der Waals surface area contributed by atoms with Crippen LogP contribution in [0.2, 0.25) is 0 Å². The van der Waals surface area contributed by atoms with Crippen molar-refractivity contribution in [1.82, 2.24) is 24.1 Å². The maximum Gasteiger partial charge on any atom is 0.197 e. The van der Waals surface area contributed by atoms with Gasteiger partial charge in [-0.25, -0.2) is 39.2 Å². The van der Waals surface area contributed by atoms with Crippen molar-refractivity contribution in [3.8, 4) is 125 Å². The van der Waals surface area contributed by atoms with Crippen molar-refractivity contribution in [2.75, 3.05) is 0 Å². The van der Waals surface area contributed by atoms with Gasteiger partial charge in [-0.1, -0.05) is 97.1 Å². The van der Waals surface area contributed by atoms with E-state index in [2.05, 4.69) is 57.6 Å². The summed E-state index contributed by atoms with van der Waals surface area (Å²) >= 11 is 0. The summed E-state index contributed by atoms with van der Waals surface area (Å²) in [5.41, 5.74) is 16.1. The maximum absolute atomic E-state index is 10.2. The number of nitrogens with zero attached hydrogens (tertiary/aromatic N) is 14. The minimum absolute atomic E-state index is 0.307. The highest BCUT2D eigenvalue weighted by atomic mass is 15.0. The van der Waals surface area contributed by atoms with Gasteiger partial charge in [0.1, 0.15) is 0 Å². The van der Waals surface area contributed by atoms with E-state index in [1.54, 1.807) is 78.9 Å². The van der Waals surface area contributed by atoms with Crippen LogP contribution in [0.1, 0.15) is 22.3 Å². The number of hydrogen-bond acceptors (Lipinski definition) is 7. The summed E-state index contributed by atoms with van der Waals surface area (Å²) in [6.07, 6.45) is 0. The number of aromatic nitrogens is 5. The summed E-state index contributed by atoms with van der Waals surface area (Å²) in [4.78, 5) is 34.7. The molecule has 14 heteroatoms. The van der Waals surface area contributed by atoms with Crippen LogP contribution in [0.15, 0.2) is 243 Å². The molecule has 0 aliphatic heterocycles. The molecule has 0 aliphatic carbocycles. The monoisotopic (exact) mass is 1240 g/mol. The fourth-order valence-electron chi connectivity index (χ4n) is 13.0. The normalized spacial score (nSPS) is 10.8. The lowest BCUT2D eigenvalue weighted by molar-refractivity contribution is 1.07. The topological polar surface area (TPSA) is 165 Å². The van der Waals surface area contributed by atoms with E-state index in [1.165, 1.54) is 0 Å². The van der Waals surface area contributed by atoms with Gasteiger partial charge < -0.3 is 9.13 Å². The molecule has 0 bridgehead atoms. The molecule has 3 aromatic heterocycles. The SMILES string of the molecule is [C-]#[N+]c1cc(C#N)cc(-c2ccc3c(c2)c2cc(-c4cc(C#N)cc([N+]#[C-])c4)ccc2n3-c2ccc(-c3nc(-c4ccccc4)nc(-c4ccccc4)n3)cc2-c2c([N+]#[C-])cccc2-n2c3ccc(-c4cc(C#N)cc([N+]#[C-])c4)cc3c3cc(-c4cc(C#N)cc([N+]#[C-])c4)ccc32)c1. The summed E-state index contributed by atoms with van der Waals surface area (Å²) in [5.74, 6) is 1.26. The minimum Gasteiger partial charge on any atom is -0.310 e. The third kappa shape index (κ3) is 10.4. The van der Waals surface area contributed by atoms with Crippen LogP contribution < -0.4 is 0 Å². The molecule has 0 atom stereocenters. The molecule has 0 unspecified atom stereocenters. The molecule has 3 heterocycles. The van der Waals surface area contributed by atoms with Gasteiger partial charge in [-0.15, -0.1) is 0 Å². The predicted octanol–water partition coefficient (Wildman–Crippen LogP) is 21.6. The van der Waals surface area contributed by atoms with Crippen molar-refractivity contribution in [1.29, 1.82) is 21.0 Å². The van der Waals surface area contributed by atoms with E-state index in [-0.39, 0.29) is 0 Å². The second-order valence-corrected chi connectivity index (χ2v) is 23.1. The molecule has 0 N–H and O–H groups in total. The van der Waals surface area contributed by atoms with E-state index in [0.717, 1.165) is 77.0 Å². The van der Waals surface area contributed by atoms with Gasteiger partial charge in [0.05, 0.1) is 84.9 Å². The van der Waals surface area contributed by atoms with Crippen molar-refractivity contribution < 1.29 is 0 Å². The average Bonchev–Trinajstić information content (AvgIpc) is 1.55. The van der Waals surface area contributed by atoms with Gasteiger partial charge in [0, 0.05) is 71.7 Å². The van der Waals surface area contributed by atoms with Crippen LogP contribution in [0.4, 0.5) is 28.4 Å². The highest BCUT2D eigenvalue weighted by molar-refractivity contribution is 6.15. The fraction of sp³-hybridized carbons (Fsp3) is 0. The molecule has 446 valence electrons. The van der Waals surface area contributed by atoms with Crippen LogP contribution in [-0.2, 0) is 0 Å². The zero-order chi connectivity index (χ0) is 67.1. The summed E-state index contributed by atoms with van der Waals surface area (Å²) < 4.78 is 4.30. The molecule has 0 aliphatic rings. The van der Waals surface area contributed by atoms with E-state index in [9.17, 15) is 27.6 Å². The first-order valence-electron chi connectivity index (χ1n) is 30.5. The van der Waals surface area contributed by atoms with Crippen LogP contribution in [0.5, 0.6) is 0 Å². The third-order valence-corrected chi connectivity index (χ3v) is 17.4. The standard InChI is InChI=1S/C84H40N14/c1-89-65-33-50(46-85)29-61(37-65)56-19-24-75-69(41-56)70-42-57(62-30-51(47-86)34-66(38-62)90-2)20-25-76(70)97(75)79-28-23-60(84-95-82(54-13-8-6-9-14-54)94-83(96-84)55-15-10-7-11-16-55)45-73(79)81-74(93-5)17-12-18-80(81)98-77-26-21-58(63-31-52(48-87)35-67(39-63)91-3)43-71(77)72-44-59(22-27-78(72)98)64-32-53(49-88)36-68(40-64)92-4/h6-45H. The smallest absolute Gasteiger partial charge is 0.197 e. The zero-order valence-electron chi connectivity index (χ0n) is 51.4. The van der Waals surface area contributed by atoms with Gasteiger partial charge >= 0.3 is 0 Å². The first-order valence-corrected chi connectivity index (χ1v) is 30.5. The molecule has 0 radical (unpaired) electrons. The van der Waals surface area contributed by atoms with Gasteiger partial charge in [0.2, 0.25) is 0 Å². The first kappa shape index (κ1) is 59.0. The van der Waals surface area contributed by atoms with Crippen molar-refractivity contribution >= 4 is 72.0 Å². The molecule has 15 aromatic rings. The first-order chi connectivity index (χ1) is 48.1. The molecule has 0 fully saturated rings. The van der Waals surface area contributed by atoms with Crippen molar-refractivity contribution in [3.05, 3.63) is 322 Å². The molecule has 0 saturated carbocycles. The second-order valence-electron chi connectivity index (χ2n) is 23.1. The zero-order valence-corrected chi connectivity index (χ0v) is 51.4. The largest absolute Gasteiger partial charge is 0.310 e. The second kappa shape index (κ2) is 24.4. The van der Waals surface area contributed by atoms with E-state index in [1.807, 2.05) is 164 Å². The van der Waals surface area contributed by atoms with Crippen molar-refractivity contribution in [2.24, 2.45) is 0 Å². The van der Waals surface area contributed by atoms with Gasteiger partial charge in [-0.3, -0.25) is 0 Å². The molecule has 14 nitrogen and oxygen atoms in total. The Morgan fingerprint density at radius 2 is 0.612 bits per heavy atom. The highest BCUT2D eigenvalue weighted by Crippen LogP contribution is 2.48. The van der Waals surface area contributed by atoms with Crippen LogP contribution in [-0.4, -0.2) is 24.1 Å². The van der Waals surface area contributed by atoms with E-state index >= 15 is 0 Å². The van der Waals surface area contributed by atoms with Crippen LogP contribution in [0, 0.1) is 78.2 Å². The Kier molecular flexibility index (Phi) is 14.7. The van der Waals surface area contributed by atoms with Crippen molar-refractivity contribution in [2.45, 2.75) is 0 Å². The molecule has 0 spiro atoms. The molecule has 98 heavy (non-hydrogen) atoms. The minimum atomic E-state index is 0.307. The van der Waals surface area contributed by atoms with Gasteiger partial charge in [-0.2, -0.15) is 21.0 Å². The summed E-state index contributed by atoms with van der Waals surface area (Å²) in [6.45, 7) is 40.9. The highest BCUT2D eigenvalue weighted by Gasteiger charge is 2.26. The Morgan fingerprint density at radius 1 is 0.276 bits per heavy atom. The lowest BCUT2D eigenvalue weighted by Crippen LogP contribution is -2.04. The molecular formula is C84H40N14. The van der Waals surface area contributed by atoms with Crippen LogP contribution in [0.25, 0.3) is 169 Å². The van der Waals surface area contributed by atoms with E-state index < -0.39 is 0 Å². The molecule has 15 rings (SSSR count). The van der Waals surface area contributed by atoms with Gasteiger partial charge in [-0.05, 0) is 196 Å². The van der Waals surface area contributed by atoms with Crippen LogP contribution >= 0.6 is 0 Å². The average molecular weight is 1250 g/mol. The van der Waals surface area contributed by atoms with Crippen LogP contribution in [0.3, 0.4) is 0 Å². The summed E-state index contributed by atoms with van der Waals surface area (Å²) in [5, 5.41) is 43.8. The number of hydrogen-bond donors (Lipinski definition) is 0. The number of fused-ring (bicyclic) bond motifs is 6. The maximum atomic E-state index is 10.2. The van der Waals surface area contributed by atoms with Crippen molar-refractivity contribution in [3.63, 3.8) is 0 Å². The summed E-state index contributed by atoms with van der Waals surface area (Å²) in [7, 11) is 0. The third-order valence-electron chi connectivity index (χ3n) is 17.4. The molecule has 0 saturated heterocycles. The Morgan fingerprint density at radius 3 is 0.949 bits per heavy atom. The Bertz CT molecular complexity index is 5920. The number of rotatable bonds is 10. The quantitative estimate of drug-likeness (QED) is 0.123. The molecular weight excluding hydrogens is 1210 g/mol. The fourth-order valence-corrected chi connectivity index (χ4v) is 13.0. The number of benzene rings is 12. The lowest BCUT2D eigenvalue weighted by atomic mass is 9.96. The van der Waals surface area contributed by atoms with E-state index in [4.69, 9.17) is 41.2 Å². The van der Waals surface area contributed by atoms with Gasteiger partial charge in [0.25, 0.3) is 0 Å². The van der Waals surface area contributed by atoms with Gasteiger partial charge in [0.15, 0.2) is 45.9 Å². The Labute approximate surface area is 561 Å². The predicted molar refractivity (Wildman–Crippen MR) is 382 cm³/mol. The lowest BCUT2D eigenvalue weighted by Gasteiger charge is -2.21. The van der Waals surface area contributed by atoms with E-state index in [0.29, 0.717) is 118 Å². The Balaban J connectivity index is 1.05. The number of nitriles is 4. The summed E-state index contributed by atoms with van der Waals surface area (Å²) in [6, 6.07) is 84.3. The molecule has 12 aromatic carbocycles. The molecule has 0 amide bonds.